The van der Waals surface area contributed by atoms with Gasteiger partial charge in [0.1, 0.15) is 5.76 Å². The molecule has 0 radical (unpaired) electrons. The topological polar surface area (TPSA) is 88.6 Å². The van der Waals surface area contributed by atoms with Crippen molar-refractivity contribution in [3.63, 3.8) is 0 Å². The molecule has 3 N–H and O–H groups in total. The zero-order chi connectivity index (χ0) is 17.6. The molecule has 0 fully saturated rings. The van der Waals surface area contributed by atoms with Gasteiger partial charge in [-0.25, -0.2) is 4.79 Å². The first-order valence-electron chi connectivity index (χ1n) is 7.62. The van der Waals surface area contributed by atoms with E-state index in [9.17, 15) is 9.59 Å². The quantitative estimate of drug-likeness (QED) is 0.707. The van der Waals surface area contributed by atoms with Gasteiger partial charge in [0.25, 0.3) is 5.91 Å². The number of hydrogen-bond acceptors (Lipinski definition) is 4. The summed E-state index contributed by atoms with van der Waals surface area (Å²) in [5, 5.41) is 4.45. The van der Waals surface area contributed by atoms with Crippen molar-refractivity contribution in [1.29, 1.82) is 0 Å². The normalized spacial score (nSPS) is 10.4. The number of benzene rings is 1. The molecule has 0 unspecified atom stereocenters. The number of carbonyl (C=O) groups is 2. The lowest BCUT2D eigenvalue weighted by atomic mass is 10.1. The van der Waals surface area contributed by atoms with E-state index in [4.69, 9.17) is 10.2 Å². The molecule has 3 amide bonds. The molecule has 2 heterocycles. The monoisotopic (exact) mass is 355 g/mol. The predicted octanol–water partition coefficient (Wildman–Crippen LogP) is 3.67. The van der Waals surface area contributed by atoms with Crippen molar-refractivity contribution in [3.05, 3.63) is 76.4 Å². The van der Waals surface area contributed by atoms with Gasteiger partial charge in [-0.2, -0.15) is 0 Å². The highest BCUT2D eigenvalue weighted by Crippen LogP contribution is 2.18. The molecule has 0 aliphatic rings. The van der Waals surface area contributed by atoms with Crippen LogP contribution in [0.25, 0.3) is 0 Å². The minimum Gasteiger partial charge on any atom is -0.467 e. The van der Waals surface area contributed by atoms with Crippen LogP contribution < -0.4 is 11.1 Å². The third-order valence-electron chi connectivity index (χ3n) is 3.54. The summed E-state index contributed by atoms with van der Waals surface area (Å²) in [5.41, 5.74) is 6.16. The molecule has 6 nitrogen and oxygen atoms in total. The maximum atomic E-state index is 12.9. The van der Waals surface area contributed by atoms with E-state index in [-0.39, 0.29) is 5.91 Å². The van der Waals surface area contributed by atoms with E-state index in [0.717, 1.165) is 10.6 Å². The number of amides is 3. The lowest BCUT2D eigenvalue weighted by Crippen LogP contribution is -2.29. The van der Waals surface area contributed by atoms with Gasteiger partial charge < -0.3 is 20.4 Å². The Hall–Kier alpha value is -3.06. The Morgan fingerprint density at radius 1 is 1.08 bits per heavy atom. The minimum atomic E-state index is -0.642. The van der Waals surface area contributed by atoms with Crippen LogP contribution in [0, 0.1) is 0 Å². The Balaban J connectivity index is 1.78. The minimum absolute atomic E-state index is 0.115. The Labute approximate surface area is 148 Å². The van der Waals surface area contributed by atoms with Crippen molar-refractivity contribution >= 4 is 29.0 Å². The summed E-state index contributed by atoms with van der Waals surface area (Å²) in [6, 6.07) is 13.6. The largest absolute Gasteiger partial charge is 0.467 e. The molecule has 0 spiro atoms. The van der Waals surface area contributed by atoms with E-state index in [2.05, 4.69) is 5.32 Å². The molecule has 0 atom stereocenters. The Morgan fingerprint density at radius 3 is 2.48 bits per heavy atom. The molecule has 7 heteroatoms. The van der Waals surface area contributed by atoms with Crippen molar-refractivity contribution in [2.45, 2.75) is 13.1 Å². The SMILES string of the molecule is NC(=O)Nc1ccc(C(=O)N(Cc2ccco2)Cc2cccs2)cc1. The maximum absolute atomic E-state index is 12.9. The zero-order valence-electron chi connectivity index (χ0n) is 13.3. The van der Waals surface area contributed by atoms with Gasteiger partial charge in [0.05, 0.1) is 19.4 Å². The number of anilines is 1. The highest BCUT2D eigenvalue weighted by Gasteiger charge is 2.18. The van der Waals surface area contributed by atoms with E-state index in [1.807, 2.05) is 23.6 Å². The smallest absolute Gasteiger partial charge is 0.316 e. The first-order chi connectivity index (χ1) is 12.1. The molecule has 3 aromatic rings. The van der Waals surface area contributed by atoms with Crippen LogP contribution in [-0.4, -0.2) is 16.8 Å². The second-order valence-electron chi connectivity index (χ2n) is 5.39. The molecule has 128 valence electrons. The number of furan rings is 1. The van der Waals surface area contributed by atoms with Gasteiger partial charge in [0, 0.05) is 16.1 Å². The van der Waals surface area contributed by atoms with Crippen LogP contribution in [0.3, 0.4) is 0 Å². The fourth-order valence-corrected chi connectivity index (χ4v) is 3.12. The molecule has 0 aliphatic carbocycles. The average Bonchev–Trinajstić information content (AvgIpc) is 3.28. The van der Waals surface area contributed by atoms with Gasteiger partial charge in [-0.1, -0.05) is 6.07 Å². The van der Waals surface area contributed by atoms with Crippen LogP contribution in [0.2, 0.25) is 0 Å². The van der Waals surface area contributed by atoms with Gasteiger partial charge in [-0.05, 0) is 47.8 Å². The first kappa shape index (κ1) is 16.8. The molecule has 0 saturated carbocycles. The number of thiophene rings is 1. The van der Waals surface area contributed by atoms with Crippen LogP contribution in [-0.2, 0) is 13.1 Å². The van der Waals surface area contributed by atoms with Gasteiger partial charge >= 0.3 is 6.03 Å². The predicted molar refractivity (Wildman–Crippen MR) is 96.3 cm³/mol. The van der Waals surface area contributed by atoms with Crippen molar-refractivity contribution in [3.8, 4) is 0 Å². The summed E-state index contributed by atoms with van der Waals surface area (Å²) in [6.45, 7) is 0.878. The number of nitrogens with zero attached hydrogens (tertiary/aromatic N) is 1. The van der Waals surface area contributed by atoms with E-state index < -0.39 is 6.03 Å². The third kappa shape index (κ3) is 4.48. The first-order valence-corrected chi connectivity index (χ1v) is 8.50. The van der Waals surface area contributed by atoms with Gasteiger partial charge in [0.15, 0.2) is 0 Å². The maximum Gasteiger partial charge on any atom is 0.316 e. The number of urea groups is 1. The standard InChI is InChI=1S/C18H17N3O3S/c19-18(23)20-14-7-5-13(6-8-14)17(22)21(11-15-3-1-9-24-15)12-16-4-2-10-25-16/h1-10H,11-12H2,(H3,19,20,23). The van der Waals surface area contributed by atoms with Gasteiger partial charge in [-0.15, -0.1) is 11.3 Å². The summed E-state index contributed by atoms with van der Waals surface area (Å²) in [4.78, 5) is 26.6. The highest BCUT2D eigenvalue weighted by molar-refractivity contribution is 7.09. The fourth-order valence-electron chi connectivity index (χ4n) is 2.40. The van der Waals surface area contributed by atoms with E-state index in [1.54, 1.807) is 52.8 Å². The second kappa shape index (κ2) is 7.67. The molecule has 2 aromatic heterocycles. The van der Waals surface area contributed by atoms with Crippen molar-refractivity contribution in [1.82, 2.24) is 4.90 Å². The zero-order valence-corrected chi connectivity index (χ0v) is 14.2. The summed E-state index contributed by atoms with van der Waals surface area (Å²) in [7, 11) is 0. The highest BCUT2D eigenvalue weighted by atomic mass is 32.1. The average molecular weight is 355 g/mol. The summed E-state index contributed by atoms with van der Waals surface area (Å²) in [6.07, 6.45) is 1.59. The van der Waals surface area contributed by atoms with Crippen molar-refractivity contribution in [2.24, 2.45) is 5.73 Å². The molecule has 1 aromatic carbocycles. The van der Waals surface area contributed by atoms with Crippen LogP contribution in [0.1, 0.15) is 21.0 Å². The number of rotatable bonds is 6. The van der Waals surface area contributed by atoms with Gasteiger partial charge in [0.2, 0.25) is 0 Å². The number of nitrogens with two attached hydrogens (primary N) is 1. The van der Waals surface area contributed by atoms with E-state index in [1.165, 1.54) is 0 Å². The molecular formula is C18H17N3O3S. The van der Waals surface area contributed by atoms with Gasteiger partial charge in [-0.3, -0.25) is 4.79 Å². The Morgan fingerprint density at radius 2 is 1.88 bits per heavy atom. The van der Waals surface area contributed by atoms with Crippen LogP contribution in [0.4, 0.5) is 10.5 Å². The number of carbonyl (C=O) groups excluding carboxylic acids is 2. The third-order valence-corrected chi connectivity index (χ3v) is 4.40. The van der Waals surface area contributed by atoms with Crippen molar-refractivity contribution in [2.75, 3.05) is 5.32 Å². The lowest BCUT2D eigenvalue weighted by Gasteiger charge is -2.21. The number of primary amides is 1. The van der Waals surface area contributed by atoms with Crippen LogP contribution >= 0.6 is 11.3 Å². The van der Waals surface area contributed by atoms with E-state index >= 15 is 0 Å². The molecule has 0 saturated heterocycles. The molecule has 3 rings (SSSR count). The summed E-state index contributed by atoms with van der Waals surface area (Å²) in [5.74, 6) is 0.604. The van der Waals surface area contributed by atoms with Crippen LogP contribution in [0.15, 0.2) is 64.6 Å². The molecule has 0 bridgehead atoms. The van der Waals surface area contributed by atoms with Crippen LogP contribution in [0.5, 0.6) is 0 Å². The fraction of sp³-hybridized carbons (Fsp3) is 0.111. The summed E-state index contributed by atoms with van der Waals surface area (Å²) >= 11 is 1.60. The molecule has 25 heavy (non-hydrogen) atoms. The van der Waals surface area contributed by atoms with Crippen molar-refractivity contribution < 1.29 is 14.0 Å². The summed E-state index contributed by atoms with van der Waals surface area (Å²) < 4.78 is 5.38. The number of nitrogens with one attached hydrogen (secondary N) is 1. The Bertz CT molecular complexity index is 791. The Kier molecular flexibility index (Phi) is 5.15. The lowest BCUT2D eigenvalue weighted by molar-refractivity contribution is 0.0719. The molecular weight excluding hydrogens is 338 g/mol. The van der Waals surface area contributed by atoms with E-state index in [0.29, 0.717) is 24.3 Å². The number of hydrogen-bond donors (Lipinski definition) is 2. The molecule has 0 aliphatic heterocycles. The second-order valence-corrected chi connectivity index (χ2v) is 6.42.